The highest BCUT2D eigenvalue weighted by Crippen LogP contribution is 2.29. The Kier molecular flexibility index (Phi) is 4.80. The van der Waals surface area contributed by atoms with E-state index in [-0.39, 0.29) is 11.5 Å². The molecule has 6 rings (SSSR count). The van der Waals surface area contributed by atoms with Gasteiger partial charge in [0.1, 0.15) is 5.69 Å². The highest BCUT2D eigenvalue weighted by molar-refractivity contribution is 5.93. The van der Waals surface area contributed by atoms with Gasteiger partial charge in [0.05, 0.1) is 28.7 Å². The van der Waals surface area contributed by atoms with E-state index in [0.29, 0.717) is 23.5 Å². The van der Waals surface area contributed by atoms with Crippen molar-refractivity contribution in [3.05, 3.63) is 114 Å². The van der Waals surface area contributed by atoms with Gasteiger partial charge in [-0.15, -0.1) is 0 Å². The Morgan fingerprint density at radius 1 is 1.06 bits per heavy atom. The van der Waals surface area contributed by atoms with Crippen LogP contribution in [0.5, 0.6) is 0 Å². The molecule has 0 amide bonds. The molecule has 7 heteroatoms. The van der Waals surface area contributed by atoms with Crippen LogP contribution in [0, 0.1) is 12.8 Å². The second-order valence-corrected chi connectivity index (χ2v) is 8.39. The summed E-state index contributed by atoms with van der Waals surface area (Å²) in [5, 5.41) is 9.99. The number of aromatic nitrogens is 6. The first-order valence-corrected chi connectivity index (χ1v) is 11.2. The van der Waals surface area contributed by atoms with Crippen LogP contribution in [0.1, 0.15) is 5.56 Å². The second-order valence-electron chi connectivity index (χ2n) is 8.39. The molecule has 3 aliphatic rings. The summed E-state index contributed by atoms with van der Waals surface area (Å²) in [6.45, 7) is 2.65. The van der Waals surface area contributed by atoms with E-state index in [0.717, 1.165) is 22.2 Å². The van der Waals surface area contributed by atoms with E-state index in [1.54, 1.807) is 18.6 Å². The zero-order valence-electron chi connectivity index (χ0n) is 18.6. The molecule has 4 heterocycles. The molecule has 2 aromatic heterocycles. The number of pyridine rings is 2. The van der Waals surface area contributed by atoms with Gasteiger partial charge in [0, 0.05) is 42.6 Å². The Balaban J connectivity index is 1.44. The highest BCUT2D eigenvalue weighted by atomic mass is 16.1. The van der Waals surface area contributed by atoms with Crippen LogP contribution in [0.4, 0.5) is 0 Å². The fourth-order valence-corrected chi connectivity index (χ4v) is 4.43. The van der Waals surface area contributed by atoms with Crippen LogP contribution in [-0.2, 0) is 6.54 Å². The number of rotatable bonds is 4. The molecule has 0 bridgehead atoms. The van der Waals surface area contributed by atoms with Crippen molar-refractivity contribution in [3.8, 4) is 16.9 Å². The average molecular weight is 447 g/mol. The van der Waals surface area contributed by atoms with Crippen LogP contribution in [0.15, 0.2) is 103 Å². The van der Waals surface area contributed by atoms with Crippen LogP contribution in [0.2, 0.25) is 0 Å². The molecule has 0 N–H and O–H groups in total. The number of aryl methyl sites for hydroxylation is 1. The number of para-hydroxylation sites is 1. The van der Waals surface area contributed by atoms with Crippen molar-refractivity contribution in [2.75, 3.05) is 0 Å². The number of hydrogen-bond donors (Lipinski definition) is 0. The van der Waals surface area contributed by atoms with Crippen molar-refractivity contribution in [3.63, 3.8) is 0 Å². The summed E-state index contributed by atoms with van der Waals surface area (Å²) < 4.78 is 5.46. The van der Waals surface area contributed by atoms with Gasteiger partial charge in [-0.25, -0.2) is 4.68 Å². The van der Waals surface area contributed by atoms with Crippen molar-refractivity contribution in [1.29, 1.82) is 0 Å². The Bertz CT molecular complexity index is 1620. The number of allylic oxidation sites excluding steroid dienone is 6. The van der Waals surface area contributed by atoms with Gasteiger partial charge in [-0.05, 0) is 42.8 Å². The van der Waals surface area contributed by atoms with Crippen molar-refractivity contribution in [2.45, 2.75) is 13.5 Å². The first kappa shape index (κ1) is 20.1. The minimum Gasteiger partial charge on any atom is -0.346 e. The van der Waals surface area contributed by atoms with Gasteiger partial charge in [0.25, 0.3) is 5.56 Å². The lowest BCUT2D eigenvalue weighted by atomic mass is 10.1. The summed E-state index contributed by atoms with van der Waals surface area (Å²) in [6, 6.07) is 11.9. The van der Waals surface area contributed by atoms with E-state index < -0.39 is 0 Å². The van der Waals surface area contributed by atoms with Crippen molar-refractivity contribution >= 4 is 16.6 Å². The average Bonchev–Trinajstić information content (AvgIpc) is 3.44. The minimum absolute atomic E-state index is 0.139. The zero-order valence-corrected chi connectivity index (χ0v) is 18.6. The van der Waals surface area contributed by atoms with Crippen LogP contribution in [0.25, 0.3) is 33.5 Å². The van der Waals surface area contributed by atoms with E-state index in [1.165, 1.54) is 4.68 Å². The molecular formula is C27H22N6O. The maximum atomic E-state index is 13.4. The van der Waals surface area contributed by atoms with Gasteiger partial charge >= 0.3 is 0 Å². The predicted octanol–water partition coefficient (Wildman–Crippen LogP) is 4.48. The predicted molar refractivity (Wildman–Crippen MR) is 133 cm³/mol. The van der Waals surface area contributed by atoms with Gasteiger partial charge in [0.2, 0.25) is 0 Å². The van der Waals surface area contributed by atoms with E-state index in [2.05, 4.69) is 45.0 Å². The van der Waals surface area contributed by atoms with Crippen LogP contribution >= 0.6 is 0 Å². The summed E-state index contributed by atoms with van der Waals surface area (Å²) in [4.78, 5) is 17.6. The van der Waals surface area contributed by atoms with Gasteiger partial charge < -0.3 is 4.57 Å². The number of benzene rings is 1. The third-order valence-electron chi connectivity index (χ3n) is 6.19. The topological polar surface area (TPSA) is 70.5 Å². The fourth-order valence-electron chi connectivity index (χ4n) is 4.43. The summed E-state index contributed by atoms with van der Waals surface area (Å²) in [5.74, 6) is 0.154. The lowest BCUT2D eigenvalue weighted by Gasteiger charge is -2.16. The smallest absolute Gasteiger partial charge is 0.282 e. The van der Waals surface area contributed by atoms with Crippen LogP contribution < -0.4 is 5.56 Å². The maximum absolute atomic E-state index is 13.4. The molecule has 0 spiro atoms. The molecule has 0 saturated carbocycles. The Morgan fingerprint density at radius 2 is 1.97 bits per heavy atom. The second kappa shape index (κ2) is 8.12. The molecule has 166 valence electrons. The third kappa shape index (κ3) is 3.38. The molecule has 1 aliphatic carbocycles. The van der Waals surface area contributed by atoms with E-state index in [1.807, 2.05) is 60.4 Å². The van der Waals surface area contributed by atoms with Crippen molar-refractivity contribution in [1.82, 2.24) is 29.1 Å². The molecule has 7 nitrogen and oxygen atoms in total. The van der Waals surface area contributed by atoms with Gasteiger partial charge in [-0.1, -0.05) is 36.4 Å². The fraction of sp³-hybridized carbons (Fsp3) is 0.111. The lowest BCUT2D eigenvalue weighted by molar-refractivity contribution is 0.630. The Labute approximate surface area is 195 Å². The van der Waals surface area contributed by atoms with E-state index in [9.17, 15) is 4.79 Å². The molecule has 34 heavy (non-hydrogen) atoms. The minimum atomic E-state index is -0.139. The van der Waals surface area contributed by atoms with E-state index >= 15 is 0 Å². The van der Waals surface area contributed by atoms with E-state index in [4.69, 9.17) is 5.10 Å². The Morgan fingerprint density at radius 3 is 2.82 bits per heavy atom. The SMILES string of the molecule is Cc1ccncc1-n1nc2c3ccccc3n(CC3C=CC=C(n4cccn4)C=C3)cc-2c1=O. The van der Waals surface area contributed by atoms with Crippen molar-refractivity contribution < 1.29 is 0 Å². The summed E-state index contributed by atoms with van der Waals surface area (Å²) >= 11 is 0. The normalized spacial score (nSPS) is 15.7. The highest BCUT2D eigenvalue weighted by Gasteiger charge is 2.22. The van der Waals surface area contributed by atoms with Gasteiger partial charge in [-0.3, -0.25) is 9.78 Å². The zero-order chi connectivity index (χ0) is 23.1. The quantitative estimate of drug-likeness (QED) is 0.408. The van der Waals surface area contributed by atoms with Crippen LogP contribution in [-0.4, -0.2) is 29.1 Å². The third-order valence-corrected chi connectivity index (χ3v) is 6.19. The molecule has 1 unspecified atom stereocenters. The number of nitrogens with zero attached hydrogens (tertiary/aromatic N) is 6. The van der Waals surface area contributed by atoms with Gasteiger partial charge in [0.15, 0.2) is 0 Å². The number of fused-ring (bicyclic) bond motifs is 3. The summed E-state index contributed by atoms with van der Waals surface area (Å²) in [5.41, 5.74) is 4.85. The molecule has 1 atom stereocenters. The van der Waals surface area contributed by atoms with Crippen molar-refractivity contribution in [2.24, 2.45) is 5.92 Å². The summed E-state index contributed by atoms with van der Waals surface area (Å²) in [6.07, 6.45) is 19.6. The maximum Gasteiger partial charge on any atom is 0.282 e. The first-order chi connectivity index (χ1) is 16.7. The largest absolute Gasteiger partial charge is 0.346 e. The molecule has 3 aromatic rings. The van der Waals surface area contributed by atoms with Gasteiger partial charge in [-0.2, -0.15) is 14.9 Å². The summed E-state index contributed by atoms with van der Waals surface area (Å²) in [7, 11) is 0. The monoisotopic (exact) mass is 446 g/mol. The molecule has 0 radical (unpaired) electrons. The molecule has 1 aromatic carbocycles. The lowest BCUT2D eigenvalue weighted by Crippen LogP contribution is -2.16. The Hall–Kier alpha value is -4.52. The first-order valence-electron chi connectivity index (χ1n) is 11.2. The molecule has 2 aliphatic heterocycles. The van der Waals surface area contributed by atoms with Crippen LogP contribution in [0.3, 0.4) is 0 Å². The molecular weight excluding hydrogens is 424 g/mol. The number of hydrogen-bond acceptors (Lipinski definition) is 4. The molecule has 0 fully saturated rings. The molecule has 0 saturated heterocycles. The standard InChI is InChI=1S/C27H22N6O/c1-19-12-14-28-16-25(19)33-27(34)23-18-31(24-9-3-2-8-22(24)26(23)30-33)17-20-6-4-7-21(11-10-20)32-15-5-13-29-32/h2-16,18,20H,17H2,1H3.